The van der Waals surface area contributed by atoms with Crippen LogP contribution in [-0.4, -0.2) is 59.7 Å². The van der Waals surface area contributed by atoms with Crippen LogP contribution in [0, 0.1) is 17.8 Å². The minimum Gasteiger partial charge on any atom is -0.481 e. The molecular formula is C15H25NO4S. The molecule has 4 atom stereocenters. The number of carboxylic acids is 1. The second kappa shape index (κ2) is 7.49. The Morgan fingerprint density at radius 1 is 1.33 bits per heavy atom. The molecule has 120 valence electrons. The molecule has 2 fully saturated rings. The summed E-state index contributed by atoms with van der Waals surface area (Å²) in [6, 6.07) is 0.239. The highest BCUT2D eigenvalue weighted by Gasteiger charge is 2.44. The van der Waals surface area contributed by atoms with Gasteiger partial charge in [-0.2, -0.15) is 11.8 Å². The Bertz CT molecular complexity index is 384. The maximum atomic E-state index is 12.9. The van der Waals surface area contributed by atoms with Gasteiger partial charge in [-0.15, -0.1) is 0 Å². The Labute approximate surface area is 130 Å². The molecule has 21 heavy (non-hydrogen) atoms. The molecule has 1 aliphatic heterocycles. The molecular weight excluding hydrogens is 290 g/mol. The third-order valence-electron chi connectivity index (χ3n) is 4.60. The number of carboxylic acid groups (broad SMARTS) is 1. The Morgan fingerprint density at radius 3 is 2.62 bits per heavy atom. The van der Waals surface area contributed by atoms with E-state index in [0.717, 1.165) is 17.9 Å². The molecule has 1 saturated carbocycles. The molecule has 0 aromatic rings. The van der Waals surface area contributed by atoms with Crippen molar-refractivity contribution >= 4 is 23.6 Å². The smallest absolute Gasteiger partial charge is 0.307 e. The van der Waals surface area contributed by atoms with Gasteiger partial charge in [-0.1, -0.05) is 6.92 Å². The number of hydrogen-bond donors (Lipinski definition) is 1. The van der Waals surface area contributed by atoms with E-state index < -0.39 is 11.9 Å². The average Bonchev–Trinajstić information content (AvgIpc) is 3.08. The summed E-state index contributed by atoms with van der Waals surface area (Å²) in [5, 5.41) is 9.37. The molecule has 0 aromatic carbocycles. The summed E-state index contributed by atoms with van der Waals surface area (Å²) in [5.41, 5.74) is 0. The van der Waals surface area contributed by atoms with Gasteiger partial charge in [0, 0.05) is 25.4 Å². The van der Waals surface area contributed by atoms with E-state index in [9.17, 15) is 14.7 Å². The quantitative estimate of drug-likeness (QED) is 0.808. The summed E-state index contributed by atoms with van der Waals surface area (Å²) >= 11 is 1.86. The van der Waals surface area contributed by atoms with Crippen molar-refractivity contribution in [3.63, 3.8) is 0 Å². The van der Waals surface area contributed by atoms with Crippen LogP contribution in [-0.2, 0) is 14.3 Å². The van der Waals surface area contributed by atoms with Gasteiger partial charge in [0.25, 0.3) is 0 Å². The molecule has 2 rings (SSSR count). The van der Waals surface area contributed by atoms with Crippen molar-refractivity contribution in [3.05, 3.63) is 0 Å². The molecule has 1 amide bonds. The first kappa shape index (κ1) is 16.6. The highest BCUT2D eigenvalue weighted by Crippen LogP contribution is 2.38. The molecule has 1 heterocycles. The van der Waals surface area contributed by atoms with Crippen molar-refractivity contribution in [3.8, 4) is 0 Å². The summed E-state index contributed by atoms with van der Waals surface area (Å²) in [4.78, 5) is 26.2. The highest BCUT2D eigenvalue weighted by molar-refractivity contribution is 7.99. The van der Waals surface area contributed by atoms with Crippen molar-refractivity contribution < 1.29 is 19.4 Å². The van der Waals surface area contributed by atoms with E-state index in [0.29, 0.717) is 31.9 Å². The van der Waals surface area contributed by atoms with Crippen LogP contribution in [0.1, 0.15) is 26.2 Å². The van der Waals surface area contributed by atoms with Gasteiger partial charge < -0.3 is 14.7 Å². The SMILES string of the molecule is COCCN(C(=O)C1CC(C)CC1C(=O)O)C1CCSC1. The molecule has 4 unspecified atom stereocenters. The van der Waals surface area contributed by atoms with Crippen molar-refractivity contribution in [1.29, 1.82) is 0 Å². The number of ether oxygens (including phenoxy) is 1. The molecule has 0 radical (unpaired) electrons. The molecule has 2 aliphatic rings. The van der Waals surface area contributed by atoms with Crippen LogP contribution in [0.4, 0.5) is 0 Å². The lowest BCUT2D eigenvalue weighted by molar-refractivity contribution is -0.150. The normalized spacial score (nSPS) is 32.3. The third kappa shape index (κ3) is 3.92. The van der Waals surface area contributed by atoms with Crippen molar-refractivity contribution in [2.24, 2.45) is 17.8 Å². The van der Waals surface area contributed by atoms with Crippen LogP contribution in [0.3, 0.4) is 0 Å². The monoisotopic (exact) mass is 315 g/mol. The fourth-order valence-corrected chi connectivity index (χ4v) is 4.70. The Morgan fingerprint density at radius 2 is 2.05 bits per heavy atom. The second-order valence-corrected chi connectivity index (χ2v) is 7.32. The first-order chi connectivity index (χ1) is 10.0. The van der Waals surface area contributed by atoms with E-state index in [-0.39, 0.29) is 17.9 Å². The lowest BCUT2D eigenvalue weighted by atomic mass is 9.94. The van der Waals surface area contributed by atoms with E-state index >= 15 is 0 Å². The molecule has 0 aromatic heterocycles. The van der Waals surface area contributed by atoms with Gasteiger partial charge in [0.05, 0.1) is 18.4 Å². The van der Waals surface area contributed by atoms with Gasteiger partial charge in [0.2, 0.25) is 5.91 Å². The van der Waals surface area contributed by atoms with Gasteiger partial charge in [-0.3, -0.25) is 9.59 Å². The number of thioether (sulfide) groups is 1. The minimum absolute atomic E-state index is 0.0244. The van der Waals surface area contributed by atoms with Crippen LogP contribution >= 0.6 is 11.8 Å². The topological polar surface area (TPSA) is 66.8 Å². The first-order valence-corrected chi connectivity index (χ1v) is 8.80. The number of carbonyl (C=O) groups is 2. The Hall–Kier alpha value is -0.750. The molecule has 1 aliphatic carbocycles. The van der Waals surface area contributed by atoms with E-state index in [1.807, 2.05) is 23.6 Å². The summed E-state index contributed by atoms with van der Waals surface area (Å²) in [5.74, 6) is 0.649. The van der Waals surface area contributed by atoms with Crippen LogP contribution in [0.5, 0.6) is 0 Å². The average molecular weight is 315 g/mol. The number of amides is 1. The Kier molecular flexibility index (Phi) is 5.93. The van der Waals surface area contributed by atoms with Gasteiger partial charge in [-0.05, 0) is 30.9 Å². The van der Waals surface area contributed by atoms with E-state index in [1.165, 1.54) is 0 Å². The zero-order chi connectivity index (χ0) is 15.4. The first-order valence-electron chi connectivity index (χ1n) is 7.64. The predicted molar refractivity (Wildman–Crippen MR) is 82.3 cm³/mol. The summed E-state index contributed by atoms with van der Waals surface area (Å²) in [6.45, 7) is 3.11. The maximum Gasteiger partial charge on any atom is 0.307 e. The van der Waals surface area contributed by atoms with Crippen LogP contribution in [0.25, 0.3) is 0 Å². The van der Waals surface area contributed by atoms with Crippen molar-refractivity contribution in [2.75, 3.05) is 31.8 Å². The molecule has 1 saturated heterocycles. The fourth-order valence-electron chi connectivity index (χ4n) is 3.48. The molecule has 1 N–H and O–H groups in total. The summed E-state index contributed by atoms with van der Waals surface area (Å²) < 4.78 is 5.12. The van der Waals surface area contributed by atoms with Gasteiger partial charge in [0.15, 0.2) is 0 Å². The lowest BCUT2D eigenvalue weighted by Gasteiger charge is -2.32. The summed E-state index contributed by atoms with van der Waals surface area (Å²) in [7, 11) is 1.63. The van der Waals surface area contributed by atoms with Gasteiger partial charge in [-0.25, -0.2) is 0 Å². The zero-order valence-corrected chi connectivity index (χ0v) is 13.6. The van der Waals surface area contributed by atoms with Gasteiger partial charge >= 0.3 is 5.97 Å². The lowest BCUT2D eigenvalue weighted by Crippen LogP contribution is -2.46. The minimum atomic E-state index is -0.829. The maximum absolute atomic E-state index is 12.9. The molecule has 6 heteroatoms. The van der Waals surface area contributed by atoms with Crippen LogP contribution in [0.2, 0.25) is 0 Å². The van der Waals surface area contributed by atoms with E-state index in [2.05, 4.69) is 0 Å². The Balaban J connectivity index is 2.10. The van der Waals surface area contributed by atoms with Crippen LogP contribution < -0.4 is 0 Å². The molecule has 0 bridgehead atoms. The fraction of sp³-hybridized carbons (Fsp3) is 0.867. The number of rotatable bonds is 6. The standard InChI is InChI=1S/C15H25NO4S/c1-10-7-12(13(8-10)15(18)19)14(17)16(4-5-20-2)11-3-6-21-9-11/h10-13H,3-9H2,1-2H3,(H,18,19). The molecule has 5 nitrogen and oxygen atoms in total. The second-order valence-electron chi connectivity index (χ2n) is 6.17. The zero-order valence-electron chi connectivity index (χ0n) is 12.8. The molecule has 0 spiro atoms. The highest BCUT2D eigenvalue weighted by atomic mass is 32.2. The number of nitrogens with zero attached hydrogens (tertiary/aromatic N) is 1. The largest absolute Gasteiger partial charge is 0.481 e. The van der Waals surface area contributed by atoms with Crippen molar-refractivity contribution in [2.45, 2.75) is 32.2 Å². The predicted octanol–water partition coefficient (Wildman–Crippen LogP) is 1.71. The summed E-state index contributed by atoms with van der Waals surface area (Å²) in [6.07, 6.45) is 2.31. The number of aliphatic carboxylic acids is 1. The van der Waals surface area contributed by atoms with Gasteiger partial charge in [0.1, 0.15) is 0 Å². The number of carbonyl (C=O) groups excluding carboxylic acids is 1. The van der Waals surface area contributed by atoms with Crippen molar-refractivity contribution in [1.82, 2.24) is 4.90 Å². The number of hydrogen-bond acceptors (Lipinski definition) is 4. The van der Waals surface area contributed by atoms with E-state index in [1.54, 1.807) is 7.11 Å². The third-order valence-corrected chi connectivity index (χ3v) is 5.74. The number of methoxy groups -OCH3 is 1. The van der Waals surface area contributed by atoms with E-state index in [4.69, 9.17) is 4.74 Å². The van der Waals surface area contributed by atoms with Crippen LogP contribution in [0.15, 0.2) is 0 Å².